The number of benzene rings is 1. The summed E-state index contributed by atoms with van der Waals surface area (Å²) in [6.07, 6.45) is 1.76. The molecule has 0 unspecified atom stereocenters. The molecule has 88 valence electrons. The minimum Gasteiger partial charge on any atom is -0.368 e. The molecule has 0 fully saturated rings. The highest BCUT2D eigenvalue weighted by Gasteiger charge is 2.06. The third kappa shape index (κ3) is 2.44. The molecule has 0 aliphatic rings. The average Bonchev–Trinajstić information content (AvgIpc) is 2.32. The lowest BCUT2D eigenvalue weighted by Gasteiger charge is -2.08. The predicted molar refractivity (Wildman–Crippen MR) is 70.7 cm³/mol. The van der Waals surface area contributed by atoms with Crippen molar-refractivity contribution in [3.8, 4) is 11.3 Å². The van der Waals surface area contributed by atoms with Crippen LogP contribution in [0.25, 0.3) is 11.3 Å². The van der Waals surface area contributed by atoms with Crippen LogP contribution in [0.3, 0.4) is 0 Å². The number of aryl methyl sites for hydroxylation is 1. The molecule has 0 amide bonds. The first-order chi connectivity index (χ1) is 8.08. The highest BCUT2D eigenvalue weighted by Crippen LogP contribution is 2.23. The van der Waals surface area contributed by atoms with Gasteiger partial charge in [-0.25, -0.2) is 9.97 Å². The van der Waals surface area contributed by atoms with E-state index in [9.17, 15) is 0 Å². The second-order valence-corrected chi connectivity index (χ2v) is 4.54. The van der Waals surface area contributed by atoms with Gasteiger partial charge in [0.25, 0.3) is 0 Å². The number of nitrogen functional groups attached to an aromatic ring is 1. The largest absolute Gasteiger partial charge is 0.368 e. The fraction of sp³-hybridized carbons (Fsp3) is 0.286. The molecule has 0 saturated carbocycles. The van der Waals surface area contributed by atoms with Crippen molar-refractivity contribution in [3.05, 3.63) is 41.6 Å². The predicted octanol–water partition coefficient (Wildman–Crippen LogP) is 3.16. The molecule has 0 radical (unpaired) electrons. The Morgan fingerprint density at radius 2 is 1.76 bits per heavy atom. The summed E-state index contributed by atoms with van der Waals surface area (Å²) in [6, 6.07) is 8.45. The molecule has 0 aliphatic carbocycles. The van der Waals surface area contributed by atoms with Gasteiger partial charge >= 0.3 is 0 Å². The van der Waals surface area contributed by atoms with Crippen LogP contribution in [0, 0.1) is 6.92 Å². The van der Waals surface area contributed by atoms with Crippen LogP contribution < -0.4 is 5.73 Å². The maximum atomic E-state index is 5.62. The maximum absolute atomic E-state index is 5.62. The van der Waals surface area contributed by atoms with Crippen LogP contribution in [0.1, 0.15) is 30.9 Å². The number of nitrogens with zero attached hydrogens (tertiary/aromatic N) is 2. The molecule has 2 rings (SSSR count). The molecular weight excluding hydrogens is 210 g/mol. The lowest BCUT2D eigenvalue weighted by Crippen LogP contribution is -1.98. The van der Waals surface area contributed by atoms with E-state index in [0.29, 0.717) is 11.9 Å². The van der Waals surface area contributed by atoms with Crippen LogP contribution >= 0.6 is 0 Å². The fourth-order valence-electron chi connectivity index (χ4n) is 1.77. The van der Waals surface area contributed by atoms with Crippen LogP contribution in [-0.2, 0) is 0 Å². The van der Waals surface area contributed by atoms with Gasteiger partial charge in [-0.15, -0.1) is 0 Å². The topological polar surface area (TPSA) is 51.8 Å². The second kappa shape index (κ2) is 4.53. The third-order valence-electron chi connectivity index (χ3n) is 2.84. The summed E-state index contributed by atoms with van der Waals surface area (Å²) in [5, 5.41) is 0. The van der Waals surface area contributed by atoms with Gasteiger partial charge in [0.1, 0.15) is 0 Å². The van der Waals surface area contributed by atoms with Gasteiger partial charge in [0.2, 0.25) is 5.95 Å². The first-order valence-electron chi connectivity index (χ1n) is 5.77. The van der Waals surface area contributed by atoms with Gasteiger partial charge in [-0.1, -0.05) is 38.1 Å². The van der Waals surface area contributed by atoms with Crippen molar-refractivity contribution in [2.45, 2.75) is 26.7 Å². The molecule has 2 N–H and O–H groups in total. The highest BCUT2D eigenvalue weighted by atomic mass is 15.0. The Hall–Kier alpha value is -1.90. The molecule has 0 atom stereocenters. The molecular formula is C14H17N3. The zero-order chi connectivity index (χ0) is 12.4. The van der Waals surface area contributed by atoms with Crippen molar-refractivity contribution in [2.24, 2.45) is 0 Å². The Morgan fingerprint density at radius 3 is 2.35 bits per heavy atom. The Balaban J connectivity index is 2.43. The van der Waals surface area contributed by atoms with Crippen LogP contribution in [0.2, 0.25) is 0 Å². The number of rotatable bonds is 2. The molecule has 2 aromatic rings. The quantitative estimate of drug-likeness (QED) is 0.857. The van der Waals surface area contributed by atoms with Gasteiger partial charge in [0, 0.05) is 11.8 Å². The smallest absolute Gasteiger partial charge is 0.220 e. The SMILES string of the molecule is Cc1cnc(N)nc1-c1ccc(C(C)C)cc1. The zero-order valence-corrected chi connectivity index (χ0v) is 10.4. The first kappa shape index (κ1) is 11.6. The van der Waals surface area contributed by atoms with E-state index < -0.39 is 0 Å². The van der Waals surface area contributed by atoms with E-state index in [1.807, 2.05) is 6.92 Å². The fourth-order valence-corrected chi connectivity index (χ4v) is 1.77. The molecule has 3 nitrogen and oxygen atoms in total. The van der Waals surface area contributed by atoms with Gasteiger partial charge in [-0.3, -0.25) is 0 Å². The summed E-state index contributed by atoms with van der Waals surface area (Å²) in [5.41, 5.74) is 9.98. The second-order valence-electron chi connectivity index (χ2n) is 4.54. The van der Waals surface area contributed by atoms with Gasteiger partial charge in [0.05, 0.1) is 5.69 Å². The molecule has 0 aliphatic heterocycles. The maximum Gasteiger partial charge on any atom is 0.220 e. The third-order valence-corrected chi connectivity index (χ3v) is 2.84. The van der Waals surface area contributed by atoms with E-state index in [1.165, 1.54) is 5.56 Å². The Bertz CT molecular complexity index is 515. The summed E-state index contributed by atoms with van der Waals surface area (Å²) in [6.45, 7) is 6.36. The van der Waals surface area contributed by atoms with Crippen molar-refractivity contribution in [3.63, 3.8) is 0 Å². The van der Waals surface area contributed by atoms with Crippen LogP contribution in [0.4, 0.5) is 5.95 Å². The molecule has 0 saturated heterocycles. The molecule has 1 aromatic carbocycles. The lowest BCUT2D eigenvalue weighted by molar-refractivity contribution is 0.867. The molecule has 1 aromatic heterocycles. The summed E-state index contributed by atoms with van der Waals surface area (Å²) in [4.78, 5) is 8.26. The number of hydrogen-bond donors (Lipinski definition) is 1. The minimum atomic E-state index is 0.318. The van der Waals surface area contributed by atoms with Crippen molar-refractivity contribution < 1.29 is 0 Å². The van der Waals surface area contributed by atoms with Crippen molar-refractivity contribution in [1.29, 1.82) is 0 Å². The number of aromatic nitrogens is 2. The Morgan fingerprint density at radius 1 is 1.12 bits per heavy atom. The van der Waals surface area contributed by atoms with E-state index in [4.69, 9.17) is 5.73 Å². The summed E-state index contributed by atoms with van der Waals surface area (Å²) in [7, 11) is 0. The summed E-state index contributed by atoms with van der Waals surface area (Å²) in [5.74, 6) is 0.860. The lowest BCUT2D eigenvalue weighted by atomic mass is 10.00. The van der Waals surface area contributed by atoms with Crippen LogP contribution in [-0.4, -0.2) is 9.97 Å². The van der Waals surface area contributed by atoms with E-state index >= 15 is 0 Å². The molecule has 17 heavy (non-hydrogen) atoms. The summed E-state index contributed by atoms with van der Waals surface area (Å²) < 4.78 is 0. The molecule has 3 heteroatoms. The molecule has 1 heterocycles. The van der Waals surface area contributed by atoms with Crippen molar-refractivity contribution >= 4 is 5.95 Å². The normalized spacial score (nSPS) is 10.8. The molecule has 0 spiro atoms. The van der Waals surface area contributed by atoms with Crippen LogP contribution in [0.5, 0.6) is 0 Å². The minimum absolute atomic E-state index is 0.318. The monoisotopic (exact) mass is 227 g/mol. The van der Waals surface area contributed by atoms with Gasteiger partial charge in [-0.05, 0) is 24.0 Å². The molecule has 0 bridgehead atoms. The number of hydrogen-bond acceptors (Lipinski definition) is 3. The Kier molecular flexibility index (Phi) is 3.09. The standard InChI is InChI=1S/C14H17N3/c1-9(2)11-4-6-12(7-5-11)13-10(3)8-16-14(15)17-13/h4-9H,1-3H3,(H2,15,16,17). The van der Waals surface area contributed by atoms with Gasteiger partial charge in [0.15, 0.2) is 0 Å². The van der Waals surface area contributed by atoms with Crippen molar-refractivity contribution in [2.75, 3.05) is 5.73 Å². The van der Waals surface area contributed by atoms with E-state index in [-0.39, 0.29) is 0 Å². The zero-order valence-electron chi connectivity index (χ0n) is 10.4. The van der Waals surface area contributed by atoms with Gasteiger partial charge in [-0.2, -0.15) is 0 Å². The number of anilines is 1. The Labute approximate surface area is 102 Å². The van der Waals surface area contributed by atoms with Crippen molar-refractivity contribution in [1.82, 2.24) is 9.97 Å². The average molecular weight is 227 g/mol. The van der Waals surface area contributed by atoms with E-state index in [2.05, 4.69) is 48.1 Å². The number of nitrogens with two attached hydrogens (primary N) is 1. The first-order valence-corrected chi connectivity index (χ1v) is 5.77. The van der Waals surface area contributed by atoms with E-state index in [1.54, 1.807) is 6.20 Å². The van der Waals surface area contributed by atoms with Gasteiger partial charge < -0.3 is 5.73 Å². The van der Waals surface area contributed by atoms with Crippen LogP contribution in [0.15, 0.2) is 30.5 Å². The van der Waals surface area contributed by atoms with E-state index in [0.717, 1.165) is 16.8 Å². The highest BCUT2D eigenvalue weighted by molar-refractivity contribution is 5.63. The summed E-state index contributed by atoms with van der Waals surface area (Å²) >= 11 is 0.